The number of benzene rings is 2. The van der Waals surface area contributed by atoms with Gasteiger partial charge in [-0.25, -0.2) is 0 Å². The van der Waals surface area contributed by atoms with Crippen LogP contribution in [-0.4, -0.2) is 0 Å². The lowest BCUT2D eigenvalue weighted by molar-refractivity contribution is 0.785. The molecule has 0 bridgehead atoms. The third kappa shape index (κ3) is 1.60. The lowest BCUT2D eigenvalue weighted by atomic mass is 9.93. The molecule has 80 valence electrons. The van der Waals surface area contributed by atoms with Crippen LogP contribution in [-0.2, 0) is 6.42 Å². The van der Waals surface area contributed by atoms with Gasteiger partial charge in [0.25, 0.3) is 0 Å². The van der Waals surface area contributed by atoms with E-state index in [2.05, 4.69) is 64.5 Å². The lowest BCUT2D eigenvalue weighted by Crippen LogP contribution is -1.96. The summed E-state index contributed by atoms with van der Waals surface area (Å²) in [5.74, 6) is 0.576. The second kappa shape index (κ2) is 4.06. The van der Waals surface area contributed by atoms with Crippen LogP contribution in [0.15, 0.2) is 53.0 Å². The van der Waals surface area contributed by atoms with E-state index in [1.165, 1.54) is 34.0 Å². The molecule has 1 heteroatoms. The molecule has 0 aliphatic heterocycles. The molecule has 0 aromatic heterocycles. The number of fused-ring (bicyclic) bond motifs is 1. The number of halogens is 1. The fourth-order valence-corrected chi connectivity index (χ4v) is 3.20. The molecular formula is C15H13Br. The molecule has 0 nitrogen and oxygen atoms in total. The van der Waals surface area contributed by atoms with Gasteiger partial charge in [0.05, 0.1) is 0 Å². The predicted octanol–water partition coefficient (Wildman–Crippen LogP) is 4.53. The van der Waals surface area contributed by atoms with Crippen molar-refractivity contribution < 1.29 is 0 Å². The second-order valence-electron chi connectivity index (χ2n) is 4.31. The Morgan fingerprint density at radius 1 is 0.875 bits per heavy atom. The van der Waals surface area contributed by atoms with Gasteiger partial charge in [-0.3, -0.25) is 0 Å². The lowest BCUT2D eigenvalue weighted by Gasteiger charge is -2.13. The second-order valence-corrected chi connectivity index (χ2v) is 5.17. The Labute approximate surface area is 104 Å². The summed E-state index contributed by atoms with van der Waals surface area (Å²) >= 11 is 3.66. The van der Waals surface area contributed by atoms with Gasteiger partial charge in [0.15, 0.2) is 0 Å². The van der Waals surface area contributed by atoms with E-state index in [-0.39, 0.29) is 0 Å². The van der Waals surface area contributed by atoms with Crippen molar-refractivity contribution in [1.29, 1.82) is 0 Å². The topological polar surface area (TPSA) is 0 Å². The highest BCUT2D eigenvalue weighted by Crippen LogP contribution is 2.40. The molecule has 16 heavy (non-hydrogen) atoms. The van der Waals surface area contributed by atoms with E-state index in [0.717, 1.165) is 0 Å². The Hall–Kier alpha value is -1.08. The number of aryl methyl sites for hydroxylation is 1. The van der Waals surface area contributed by atoms with Crippen LogP contribution in [0, 0.1) is 0 Å². The minimum Gasteiger partial charge on any atom is -0.0620 e. The Morgan fingerprint density at radius 3 is 2.38 bits per heavy atom. The first kappa shape index (κ1) is 10.1. The largest absolute Gasteiger partial charge is 0.0620 e. The Balaban J connectivity index is 2.08. The first-order valence-electron chi connectivity index (χ1n) is 5.68. The summed E-state index contributed by atoms with van der Waals surface area (Å²) in [5, 5.41) is 0. The molecule has 1 atom stereocenters. The molecule has 0 N–H and O–H groups in total. The first-order chi connectivity index (χ1) is 7.86. The molecule has 0 fully saturated rings. The highest BCUT2D eigenvalue weighted by molar-refractivity contribution is 9.10. The van der Waals surface area contributed by atoms with Crippen LogP contribution in [0.5, 0.6) is 0 Å². The Morgan fingerprint density at radius 2 is 1.56 bits per heavy atom. The van der Waals surface area contributed by atoms with Gasteiger partial charge in [0.1, 0.15) is 0 Å². The molecule has 0 saturated heterocycles. The average Bonchev–Trinajstić information content (AvgIpc) is 2.74. The summed E-state index contributed by atoms with van der Waals surface area (Å²) in [5.41, 5.74) is 4.45. The number of rotatable bonds is 1. The summed E-state index contributed by atoms with van der Waals surface area (Å²) in [6.45, 7) is 0. The first-order valence-corrected chi connectivity index (χ1v) is 6.48. The third-order valence-electron chi connectivity index (χ3n) is 3.41. The molecule has 0 heterocycles. The zero-order valence-electron chi connectivity index (χ0n) is 8.99. The monoisotopic (exact) mass is 272 g/mol. The van der Waals surface area contributed by atoms with E-state index in [1.54, 1.807) is 0 Å². The van der Waals surface area contributed by atoms with E-state index in [9.17, 15) is 0 Å². The molecule has 1 aliphatic rings. The van der Waals surface area contributed by atoms with Crippen molar-refractivity contribution in [3.63, 3.8) is 0 Å². The zero-order chi connectivity index (χ0) is 11.0. The van der Waals surface area contributed by atoms with E-state index in [0.29, 0.717) is 5.92 Å². The van der Waals surface area contributed by atoms with E-state index in [1.807, 2.05) is 0 Å². The van der Waals surface area contributed by atoms with E-state index in [4.69, 9.17) is 0 Å². The van der Waals surface area contributed by atoms with Gasteiger partial charge >= 0.3 is 0 Å². The predicted molar refractivity (Wildman–Crippen MR) is 70.7 cm³/mol. The molecule has 0 radical (unpaired) electrons. The van der Waals surface area contributed by atoms with Gasteiger partial charge in [-0.1, -0.05) is 58.4 Å². The molecule has 0 saturated carbocycles. The van der Waals surface area contributed by atoms with E-state index >= 15 is 0 Å². The summed E-state index contributed by atoms with van der Waals surface area (Å²) in [4.78, 5) is 0. The fourth-order valence-electron chi connectivity index (χ4n) is 2.64. The Kier molecular flexibility index (Phi) is 2.56. The summed E-state index contributed by atoms with van der Waals surface area (Å²) in [7, 11) is 0. The van der Waals surface area contributed by atoms with Crippen molar-refractivity contribution in [2.24, 2.45) is 0 Å². The minimum atomic E-state index is 0.576. The van der Waals surface area contributed by atoms with Gasteiger partial charge in [-0.05, 0) is 35.6 Å². The quantitative estimate of drug-likeness (QED) is 0.716. The van der Waals surface area contributed by atoms with Crippen LogP contribution in [0.1, 0.15) is 29.0 Å². The van der Waals surface area contributed by atoms with Crippen molar-refractivity contribution >= 4 is 15.9 Å². The third-order valence-corrected chi connectivity index (χ3v) is 4.14. The standard InChI is InChI=1S/C15H13Br/c16-15-8-4-3-7-14(15)13-10-9-11-5-1-2-6-12(11)13/h1-8,13H,9-10H2. The van der Waals surface area contributed by atoms with Crippen LogP contribution < -0.4 is 0 Å². The number of hydrogen-bond acceptors (Lipinski definition) is 0. The molecule has 1 aliphatic carbocycles. The molecule has 0 amide bonds. The van der Waals surface area contributed by atoms with Crippen LogP contribution in [0.2, 0.25) is 0 Å². The fraction of sp³-hybridized carbons (Fsp3) is 0.200. The van der Waals surface area contributed by atoms with Gasteiger partial charge in [-0.15, -0.1) is 0 Å². The van der Waals surface area contributed by atoms with E-state index < -0.39 is 0 Å². The van der Waals surface area contributed by atoms with Crippen molar-refractivity contribution in [2.75, 3.05) is 0 Å². The van der Waals surface area contributed by atoms with Gasteiger partial charge in [0.2, 0.25) is 0 Å². The molecule has 0 spiro atoms. The maximum Gasteiger partial charge on any atom is 0.0213 e. The maximum atomic E-state index is 3.66. The SMILES string of the molecule is Brc1ccccc1C1CCc2ccccc21. The average molecular weight is 273 g/mol. The highest BCUT2D eigenvalue weighted by atomic mass is 79.9. The van der Waals surface area contributed by atoms with Crippen molar-refractivity contribution in [1.82, 2.24) is 0 Å². The maximum absolute atomic E-state index is 3.66. The van der Waals surface area contributed by atoms with Crippen molar-refractivity contribution in [3.05, 3.63) is 69.7 Å². The zero-order valence-corrected chi connectivity index (χ0v) is 10.6. The minimum absolute atomic E-state index is 0.576. The number of hydrogen-bond donors (Lipinski definition) is 0. The van der Waals surface area contributed by atoms with Crippen molar-refractivity contribution in [3.8, 4) is 0 Å². The normalized spacial score (nSPS) is 18.4. The van der Waals surface area contributed by atoms with Crippen LogP contribution >= 0.6 is 15.9 Å². The van der Waals surface area contributed by atoms with Gasteiger partial charge < -0.3 is 0 Å². The van der Waals surface area contributed by atoms with Crippen LogP contribution in [0.3, 0.4) is 0 Å². The van der Waals surface area contributed by atoms with Crippen LogP contribution in [0.25, 0.3) is 0 Å². The summed E-state index contributed by atoms with van der Waals surface area (Å²) in [6, 6.07) is 17.4. The Bertz CT molecular complexity index is 516. The highest BCUT2D eigenvalue weighted by Gasteiger charge is 2.24. The summed E-state index contributed by atoms with van der Waals surface area (Å²) < 4.78 is 1.23. The smallest absolute Gasteiger partial charge is 0.0213 e. The molecular weight excluding hydrogens is 260 g/mol. The van der Waals surface area contributed by atoms with Gasteiger partial charge in [0, 0.05) is 10.4 Å². The molecule has 2 aromatic carbocycles. The molecule has 2 aromatic rings. The van der Waals surface area contributed by atoms with Gasteiger partial charge in [-0.2, -0.15) is 0 Å². The van der Waals surface area contributed by atoms with Crippen LogP contribution in [0.4, 0.5) is 0 Å². The summed E-state index contributed by atoms with van der Waals surface area (Å²) in [6.07, 6.45) is 2.45. The van der Waals surface area contributed by atoms with Crippen molar-refractivity contribution in [2.45, 2.75) is 18.8 Å². The molecule has 1 unspecified atom stereocenters. The molecule has 3 rings (SSSR count).